The van der Waals surface area contributed by atoms with Crippen molar-refractivity contribution in [2.24, 2.45) is 4.99 Å². The summed E-state index contributed by atoms with van der Waals surface area (Å²) >= 11 is 0. The zero-order valence-electron chi connectivity index (χ0n) is 16.5. The van der Waals surface area contributed by atoms with Crippen LogP contribution < -0.4 is 5.56 Å². The second kappa shape index (κ2) is 7.36. The number of hydrogen-bond acceptors (Lipinski definition) is 4. The van der Waals surface area contributed by atoms with E-state index in [1.165, 1.54) is 4.57 Å². The molecule has 0 saturated carbocycles. The molecule has 29 heavy (non-hydrogen) atoms. The number of aliphatic imine (C=N–C) groups is 1. The van der Waals surface area contributed by atoms with Gasteiger partial charge in [0.25, 0.3) is 5.56 Å². The quantitative estimate of drug-likeness (QED) is 0.518. The number of aromatic hydroxyl groups is 1. The third kappa shape index (κ3) is 3.43. The molecule has 5 nitrogen and oxygen atoms in total. The van der Waals surface area contributed by atoms with Crippen LogP contribution in [0.1, 0.15) is 22.4 Å². The number of aryl methyl sites for hydroxylation is 3. The van der Waals surface area contributed by atoms with Crippen molar-refractivity contribution in [2.45, 2.75) is 20.8 Å². The van der Waals surface area contributed by atoms with Gasteiger partial charge in [0.05, 0.1) is 11.3 Å². The Morgan fingerprint density at radius 1 is 0.966 bits per heavy atom. The van der Waals surface area contributed by atoms with E-state index < -0.39 is 0 Å². The van der Waals surface area contributed by atoms with Crippen LogP contribution in [0, 0.1) is 20.8 Å². The molecular weight excluding hydrogens is 362 g/mol. The fourth-order valence-corrected chi connectivity index (χ4v) is 3.50. The third-order valence-electron chi connectivity index (χ3n) is 4.90. The van der Waals surface area contributed by atoms with Crippen molar-refractivity contribution in [3.05, 3.63) is 93.4 Å². The molecule has 0 fully saturated rings. The first-order valence-electron chi connectivity index (χ1n) is 9.38. The van der Waals surface area contributed by atoms with Gasteiger partial charge in [0.2, 0.25) is 5.88 Å². The molecule has 0 radical (unpaired) electrons. The second-order valence-corrected chi connectivity index (χ2v) is 7.11. The van der Waals surface area contributed by atoms with E-state index in [2.05, 4.69) is 9.98 Å². The Balaban J connectivity index is 2.00. The number of hydrogen-bond donors (Lipinski definition) is 1. The van der Waals surface area contributed by atoms with E-state index in [4.69, 9.17) is 0 Å². The van der Waals surface area contributed by atoms with Crippen molar-refractivity contribution in [1.29, 1.82) is 0 Å². The summed E-state index contributed by atoms with van der Waals surface area (Å²) in [5.41, 5.74) is 3.70. The molecule has 0 atom stereocenters. The molecule has 0 spiro atoms. The monoisotopic (exact) mass is 383 g/mol. The summed E-state index contributed by atoms with van der Waals surface area (Å²) in [5, 5.41) is 12.3. The normalized spacial score (nSPS) is 11.4. The number of fused-ring (bicyclic) bond motifs is 1. The van der Waals surface area contributed by atoms with Crippen molar-refractivity contribution in [3.63, 3.8) is 0 Å². The van der Waals surface area contributed by atoms with Crippen LogP contribution in [0.15, 0.2) is 70.5 Å². The molecule has 0 unspecified atom stereocenters. The fourth-order valence-electron chi connectivity index (χ4n) is 3.50. The lowest BCUT2D eigenvalue weighted by molar-refractivity contribution is 0.436. The molecule has 0 aliphatic carbocycles. The summed E-state index contributed by atoms with van der Waals surface area (Å²) in [6.07, 6.45) is 1.57. The Kier molecular flexibility index (Phi) is 4.72. The minimum absolute atomic E-state index is 0.142. The molecule has 0 bridgehead atoms. The van der Waals surface area contributed by atoms with Gasteiger partial charge >= 0.3 is 0 Å². The van der Waals surface area contributed by atoms with Crippen molar-refractivity contribution < 1.29 is 5.11 Å². The largest absolute Gasteiger partial charge is 0.494 e. The maximum absolute atomic E-state index is 13.2. The average Bonchev–Trinajstić information content (AvgIpc) is 2.69. The topological polar surface area (TPSA) is 67.5 Å². The van der Waals surface area contributed by atoms with E-state index in [9.17, 15) is 9.90 Å². The zero-order chi connectivity index (χ0) is 20.5. The van der Waals surface area contributed by atoms with Gasteiger partial charge < -0.3 is 5.11 Å². The predicted molar refractivity (Wildman–Crippen MR) is 117 cm³/mol. The first kappa shape index (κ1) is 18.6. The van der Waals surface area contributed by atoms with Crippen LogP contribution >= 0.6 is 0 Å². The smallest absolute Gasteiger partial charge is 0.265 e. The van der Waals surface area contributed by atoms with Gasteiger partial charge in [-0.1, -0.05) is 42.0 Å². The first-order chi connectivity index (χ1) is 14.0. The van der Waals surface area contributed by atoms with Crippen molar-refractivity contribution in [2.75, 3.05) is 0 Å². The summed E-state index contributed by atoms with van der Waals surface area (Å²) in [7, 11) is 0. The van der Waals surface area contributed by atoms with E-state index in [1.54, 1.807) is 18.3 Å². The molecule has 2 aromatic heterocycles. The lowest BCUT2D eigenvalue weighted by Crippen LogP contribution is -2.21. The number of benzene rings is 2. The second-order valence-electron chi connectivity index (χ2n) is 7.11. The summed E-state index contributed by atoms with van der Waals surface area (Å²) < 4.78 is 1.35. The Morgan fingerprint density at radius 3 is 2.45 bits per heavy atom. The molecule has 0 aliphatic heterocycles. The summed E-state index contributed by atoms with van der Waals surface area (Å²) in [6.45, 7) is 5.81. The van der Waals surface area contributed by atoms with Crippen LogP contribution in [0.4, 0.5) is 5.82 Å². The fraction of sp³-hybridized carbons (Fsp3) is 0.125. The van der Waals surface area contributed by atoms with Gasteiger partial charge in [-0.15, -0.1) is 0 Å². The van der Waals surface area contributed by atoms with Crippen molar-refractivity contribution in [1.82, 2.24) is 9.55 Å². The van der Waals surface area contributed by atoms with Crippen LogP contribution in [0.2, 0.25) is 0 Å². The van der Waals surface area contributed by atoms with Crippen molar-refractivity contribution in [3.8, 4) is 11.6 Å². The number of aromatic nitrogens is 2. The Bertz CT molecular complexity index is 1320. The lowest BCUT2D eigenvalue weighted by Gasteiger charge is -2.15. The highest BCUT2D eigenvalue weighted by molar-refractivity contribution is 6.02. The molecule has 4 aromatic rings. The van der Waals surface area contributed by atoms with E-state index in [0.717, 1.165) is 16.8 Å². The average molecular weight is 383 g/mol. The van der Waals surface area contributed by atoms with Gasteiger partial charge in [0.1, 0.15) is 0 Å². The number of nitrogens with zero attached hydrogens (tertiary/aromatic N) is 3. The summed E-state index contributed by atoms with van der Waals surface area (Å²) in [4.78, 5) is 22.0. The molecule has 4 rings (SSSR count). The standard InChI is InChI=1S/C24H21N3O2/c1-15-11-12-21(16(2)13-15)27-23(28)19-9-5-4-8-18(19)20(24(27)29)14-25-22-10-6-7-17(3)26-22/h4-14,29H,1-3H3. The highest BCUT2D eigenvalue weighted by atomic mass is 16.3. The zero-order valence-corrected chi connectivity index (χ0v) is 16.5. The van der Waals surface area contributed by atoms with E-state index in [0.29, 0.717) is 27.8 Å². The van der Waals surface area contributed by atoms with Crippen LogP contribution in [-0.4, -0.2) is 20.9 Å². The molecule has 0 amide bonds. The minimum Gasteiger partial charge on any atom is -0.494 e. The summed E-state index contributed by atoms with van der Waals surface area (Å²) in [6, 6.07) is 18.6. The Morgan fingerprint density at radius 2 is 1.72 bits per heavy atom. The van der Waals surface area contributed by atoms with Crippen LogP contribution in [0.5, 0.6) is 5.88 Å². The number of rotatable bonds is 3. The van der Waals surface area contributed by atoms with Crippen LogP contribution in [0.3, 0.4) is 0 Å². The van der Waals surface area contributed by atoms with Gasteiger partial charge in [0.15, 0.2) is 5.82 Å². The van der Waals surface area contributed by atoms with E-state index >= 15 is 0 Å². The van der Waals surface area contributed by atoms with Gasteiger partial charge in [-0.2, -0.15) is 0 Å². The molecule has 144 valence electrons. The van der Waals surface area contributed by atoms with Crippen LogP contribution in [0.25, 0.3) is 16.5 Å². The Labute approximate surface area is 168 Å². The van der Waals surface area contributed by atoms with Gasteiger partial charge in [-0.25, -0.2) is 14.5 Å². The molecule has 0 saturated heterocycles. The van der Waals surface area contributed by atoms with E-state index in [-0.39, 0.29) is 11.4 Å². The first-order valence-corrected chi connectivity index (χ1v) is 9.38. The minimum atomic E-state index is -0.268. The van der Waals surface area contributed by atoms with Gasteiger partial charge in [0, 0.05) is 22.7 Å². The summed E-state index contributed by atoms with van der Waals surface area (Å²) in [5.74, 6) is 0.398. The lowest BCUT2D eigenvalue weighted by atomic mass is 10.1. The Hall–Kier alpha value is -3.73. The maximum Gasteiger partial charge on any atom is 0.265 e. The van der Waals surface area contributed by atoms with Crippen LogP contribution in [-0.2, 0) is 0 Å². The third-order valence-corrected chi connectivity index (χ3v) is 4.90. The molecule has 2 aromatic carbocycles. The molecular formula is C24H21N3O2. The van der Waals surface area contributed by atoms with Gasteiger partial charge in [-0.3, -0.25) is 4.79 Å². The SMILES string of the molecule is Cc1ccc(-n2c(O)c(C=Nc3cccc(C)n3)c3ccccc3c2=O)c(C)c1. The predicted octanol–water partition coefficient (Wildman–Crippen LogP) is 4.77. The highest BCUT2D eigenvalue weighted by Gasteiger charge is 2.17. The molecule has 5 heteroatoms. The van der Waals surface area contributed by atoms with Crippen molar-refractivity contribution >= 4 is 22.8 Å². The molecule has 2 heterocycles. The maximum atomic E-state index is 13.2. The molecule has 0 aliphatic rings. The van der Waals surface area contributed by atoms with Gasteiger partial charge in [-0.05, 0) is 50.6 Å². The highest BCUT2D eigenvalue weighted by Crippen LogP contribution is 2.28. The molecule has 1 N–H and O–H groups in total. The number of pyridine rings is 2. The van der Waals surface area contributed by atoms with E-state index in [1.807, 2.05) is 69.3 Å².